The van der Waals surface area contributed by atoms with E-state index in [1.54, 1.807) is 0 Å². The average Bonchev–Trinajstić information content (AvgIpc) is 2.18. The van der Waals surface area contributed by atoms with Gasteiger partial charge in [-0.1, -0.05) is 6.92 Å². The van der Waals surface area contributed by atoms with Crippen LogP contribution in [0.5, 0.6) is 0 Å². The summed E-state index contributed by atoms with van der Waals surface area (Å²) in [5.41, 5.74) is 4.94. The highest BCUT2D eigenvalue weighted by Crippen LogP contribution is 2.29. The van der Waals surface area contributed by atoms with Gasteiger partial charge in [-0.25, -0.2) is 0 Å². The van der Waals surface area contributed by atoms with Gasteiger partial charge in [-0.05, 0) is 31.6 Å². The lowest BCUT2D eigenvalue weighted by molar-refractivity contribution is -0.173. The van der Waals surface area contributed by atoms with Gasteiger partial charge in [0.2, 0.25) is 0 Å². The lowest BCUT2D eigenvalue weighted by Gasteiger charge is -2.28. The maximum Gasteiger partial charge on any atom is 0.400 e. The number of alkyl halides is 3. The highest BCUT2D eigenvalue weighted by atomic mass is 19.4. The van der Waals surface area contributed by atoms with E-state index in [9.17, 15) is 13.2 Å². The number of halogens is 3. The van der Waals surface area contributed by atoms with Crippen LogP contribution in [0.4, 0.5) is 13.2 Å². The van der Waals surface area contributed by atoms with Gasteiger partial charge in [-0.2, -0.15) is 13.2 Å². The van der Waals surface area contributed by atoms with Crippen molar-refractivity contribution in [3.05, 3.63) is 0 Å². The van der Waals surface area contributed by atoms with Gasteiger partial charge in [0.1, 0.15) is 11.8 Å². The van der Waals surface area contributed by atoms with Crippen LogP contribution in [0.2, 0.25) is 0 Å². The molecule has 1 unspecified atom stereocenters. The molecule has 100 valence electrons. The van der Waals surface area contributed by atoms with Crippen molar-refractivity contribution in [3.63, 3.8) is 0 Å². The van der Waals surface area contributed by atoms with E-state index in [1.165, 1.54) is 0 Å². The lowest BCUT2D eigenvalue weighted by Crippen LogP contribution is -2.39. The molecule has 3 N–H and O–H groups in total. The van der Waals surface area contributed by atoms with E-state index >= 15 is 0 Å². The maximum absolute atomic E-state index is 12.5. The quantitative estimate of drug-likeness (QED) is 0.597. The van der Waals surface area contributed by atoms with Crippen LogP contribution < -0.4 is 5.73 Å². The molecular weight excluding hydrogens is 233 g/mol. The van der Waals surface area contributed by atoms with Gasteiger partial charge in [0.15, 0.2) is 0 Å². The fraction of sp³-hybridized carbons (Fsp3) is 0.909. The lowest BCUT2D eigenvalue weighted by atomic mass is 9.89. The molecule has 6 heteroatoms. The van der Waals surface area contributed by atoms with Crippen LogP contribution in [0, 0.1) is 17.2 Å². The zero-order chi connectivity index (χ0) is 13.1. The summed E-state index contributed by atoms with van der Waals surface area (Å²) in [5, 5.41) is 6.93. The van der Waals surface area contributed by atoms with E-state index in [2.05, 4.69) is 6.92 Å². The van der Waals surface area contributed by atoms with Crippen molar-refractivity contribution in [3.8, 4) is 0 Å². The molecule has 1 saturated carbocycles. The summed E-state index contributed by atoms with van der Waals surface area (Å²) in [4.78, 5) is 0. The molecule has 0 aliphatic heterocycles. The van der Waals surface area contributed by atoms with Crippen LogP contribution in [0.3, 0.4) is 0 Å². The highest BCUT2D eigenvalue weighted by molar-refractivity contribution is 5.80. The van der Waals surface area contributed by atoms with Crippen molar-refractivity contribution >= 4 is 5.84 Å². The predicted molar refractivity (Wildman–Crippen MR) is 58.8 cm³/mol. The van der Waals surface area contributed by atoms with Crippen molar-refractivity contribution in [2.45, 2.75) is 44.9 Å². The van der Waals surface area contributed by atoms with Crippen LogP contribution in [0.15, 0.2) is 0 Å². The molecule has 0 saturated heterocycles. The molecule has 0 radical (unpaired) electrons. The van der Waals surface area contributed by atoms with E-state index in [-0.39, 0.29) is 6.10 Å². The maximum atomic E-state index is 12.5. The number of nitrogens with one attached hydrogen (secondary N) is 1. The molecule has 17 heavy (non-hydrogen) atoms. The van der Waals surface area contributed by atoms with Gasteiger partial charge >= 0.3 is 6.18 Å². The van der Waals surface area contributed by atoms with Gasteiger partial charge in [0.05, 0.1) is 12.7 Å². The Morgan fingerprint density at radius 1 is 1.35 bits per heavy atom. The number of nitrogens with two attached hydrogens (primary N) is 1. The van der Waals surface area contributed by atoms with Crippen molar-refractivity contribution in [2.24, 2.45) is 17.6 Å². The molecule has 0 spiro atoms. The normalized spacial score (nSPS) is 27.8. The van der Waals surface area contributed by atoms with Crippen molar-refractivity contribution in [2.75, 3.05) is 6.61 Å². The molecule has 0 amide bonds. The molecular formula is C11H19F3N2O. The van der Waals surface area contributed by atoms with E-state index in [1.807, 2.05) is 0 Å². The van der Waals surface area contributed by atoms with Gasteiger partial charge in [0, 0.05) is 0 Å². The smallest absolute Gasteiger partial charge is 0.387 e. The van der Waals surface area contributed by atoms with Gasteiger partial charge < -0.3 is 10.5 Å². The Kier molecular flexibility index (Phi) is 4.80. The number of amidine groups is 1. The average molecular weight is 252 g/mol. The van der Waals surface area contributed by atoms with Crippen molar-refractivity contribution in [1.82, 2.24) is 0 Å². The number of ether oxygens (including phenoxy) is 1. The van der Waals surface area contributed by atoms with Crippen molar-refractivity contribution in [1.29, 1.82) is 5.41 Å². The first-order valence-electron chi connectivity index (χ1n) is 5.83. The third kappa shape index (κ3) is 4.53. The second kappa shape index (κ2) is 5.71. The topological polar surface area (TPSA) is 59.1 Å². The van der Waals surface area contributed by atoms with Crippen LogP contribution in [-0.2, 0) is 4.74 Å². The largest absolute Gasteiger partial charge is 0.400 e. The Bertz CT molecular complexity index is 260. The van der Waals surface area contributed by atoms with E-state index < -0.39 is 24.5 Å². The zero-order valence-electron chi connectivity index (χ0n) is 9.89. The molecule has 0 heterocycles. The van der Waals surface area contributed by atoms with Gasteiger partial charge in [0.25, 0.3) is 0 Å². The predicted octanol–water partition coefficient (Wildman–Crippen LogP) is 2.70. The number of hydrogen-bond acceptors (Lipinski definition) is 2. The first kappa shape index (κ1) is 14.3. The second-order valence-electron chi connectivity index (χ2n) is 4.76. The molecule has 3 nitrogen and oxygen atoms in total. The van der Waals surface area contributed by atoms with Crippen LogP contribution >= 0.6 is 0 Å². The standard InChI is InChI=1S/C11H19F3N2O/c1-7-2-4-8(5-3-7)17-6-9(10(15)16)11(12,13)14/h7-9H,2-6H2,1H3,(H3,15,16). The second-order valence-corrected chi connectivity index (χ2v) is 4.76. The zero-order valence-corrected chi connectivity index (χ0v) is 9.89. The van der Waals surface area contributed by atoms with E-state index in [0.717, 1.165) is 25.7 Å². The summed E-state index contributed by atoms with van der Waals surface area (Å²) in [5.74, 6) is -2.22. The first-order valence-corrected chi connectivity index (χ1v) is 5.83. The third-order valence-corrected chi connectivity index (χ3v) is 3.23. The summed E-state index contributed by atoms with van der Waals surface area (Å²) in [7, 11) is 0. The van der Waals surface area contributed by atoms with Gasteiger partial charge in [-0.3, -0.25) is 5.41 Å². The van der Waals surface area contributed by atoms with E-state index in [0.29, 0.717) is 5.92 Å². The molecule has 0 aromatic carbocycles. The molecule has 0 aromatic heterocycles. The first-order chi connectivity index (χ1) is 7.80. The molecule has 1 aliphatic carbocycles. The summed E-state index contributed by atoms with van der Waals surface area (Å²) >= 11 is 0. The monoisotopic (exact) mass is 252 g/mol. The number of hydrogen-bond donors (Lipinski definition) is 2. The molecule has 0 aromatic rings. The Labute approximate surface area is 99.0 Å². The minimum Gasteiger partial charge on any atom is -0.387 e. The molecule has 1 fully saturated rings. The summed E-state index contributed by atoms with van der Waals surface area (Å²) in [6.45, 7) is 1.60. The van der Waals surface area contributed by atoms with Crippen LogP contribution in [0.25, 0.3) is 0 Å². The molecule has 0 bridgehead atoms. The van der Waals surface area contributed by atoms with Crippen LogP contribution in [-0.4, -0.2) is 24.7 Å². The summed E-state index contributed by atoms with van der Waals surface area (Å²) in [6.07, 6.45) is -1.04. The molecule has 1 rings (SSSR count). The highest BCUT2D eigenvalue weighted by Gasteiger charge is 2.42. The Morgan fingerprint density at radius 2 is 1.88 bits per heavy atom. The van der Waals surface area contributed by atoms with Crippen molar-refractivity contribution < 1.29 is 17.9 Å². The Hall–Kier alpha value is -0.780. The minimum atomic E-state index is -4.49. The fourth-order valence-corrected chi connectivity index (χ4v) is 1.99. The van der Waals surface area contributed by atoms with Crippen LogP contribution in [0.1, 0.15) is 32.6 Å². The Balaban J connectivity index is 2.40. The Morgan fingerprint density at radius 3 is 2.29 bits per heavy atom. The number of rotatable bonds is 4. The van der Waals surface area contributed by atoms with E-state index in [4.69, 9.17) is 15.9 Å². The molecule has 1 atom stereocenters. The third-order valence-electron chi connectivity index (χ3n) is 3.23. The SMILES string of the molecule is CC1CCC(OCC(C(=N)N)C(F)(F)F)CC1. The molecule has 1 aliphatic rings. The summed E-state index contributed by atoms with van der Waals surface area (Å²) in [6, 6.07) is 0. The fourth-order valence-electron chi connectivity index (χ4n) is 1.99. The minimum absolute atomic E-state index is 0.115. The van der Waals surface area contributed by atoms with Gasteiger partial charge in [-0.15, -0.1) is 0 Å². The summed E-state index contributed by atoms with van der Waals surface area (Å²) < 4.78 is 42.7.